The molecule has 0 aromatic carbocycles. The fraction of sp³-hybridized carbons (Fsp3) is 1.00. The number of hydrogen-bond acceptors (Lipinski definition) is 2. The van der Waals surface area contributed by atoms with Crippen LogP contribution in [0.25, 0.3) is 0 Å². The van der Waals surface area contributed by atoms with E-state index in [1.165, 1.54) is 64.6 Å². The highest BCUT2D eigenvalue weighted by Crippen LogP contribution is 2.35. The van der Waals surface area contributed by atoms with Crippen molar-refractivity contribution in [3.8, 4) is 0 Å². The first-order valence-electron chi connectivity index (χ1n) is 6.89. The molecule has 1 unspecified atom stereocenters. The van der Waals surface area contributed by atoms with Gasteiger partial charge in [0.2, 0.25) is 0 Å². The molecule has 1 N–H and O–H groups in total. The van der Waals surface area contributed by atoms with Crippen LogP contribution in [0, 0.1) is 5.92 Å². The topological polar surface area (TPSA) is 15.3 Å². The van der Waals surface area contributed by atoms with Gasteiger partial charge in [0, 0.05) is 25.2 Å². The van der Waals surface area contributed by atoms with Gasteiger partial charge in [0.15, 0.2) is 0 Å². The summed E-state index contributed by atoms with van der Waals surface area (Å²) >= 11 is 0. The minimum atomic E-state index is 0.804. The van der Waals surface area contributed by atoms with Crippen molar-refractivity contribution >= 4 is 0 Å². The Hall–Kier alpha value is -0.0800. The summed E-state index contributed by atoms with van der Waals surface area (Å²) in [7, 11) is 0. The van der Waals surface area contributed by atoms with Gasteiger partial charge in [0.25, 0.3) is 0 Å². The molecule has 2 saturated carbocycles. The van der Waals surface area contributed by atoms with Crippen LogP contribution in [0.3, 0.4) is 0 Å². The predicted molar refractivity (Wildman–Crippen MR) is 63.0 cm³/mol. The van der Waals surface area contributed by atoms with Crippen molar-refractivity contribution in [2.75, 3.05) is 19.6 Å². The zero-order chi connectivity index (χ0) is 10.1. The molecule has 3 aliphatic rings. The molecule has 2 nitrogen and oxygen atoms in total. The molecule has 1 atom stereocenters. The number of piperidine rings is 1. The quantitative estimate of drug-likeness (QED) is 0.743. The van der Waals surface area contributed by atoms with Crippen LogP contribution in [0.5, 0.6) is 0 Å². The molecule has 0 amide bonds. The maximum absolute atomic E-state index is 3.68. The number of hydrogen-bond donors (Lipinski definition) is 1. The Kier molecular flexibility index (Phi) is 2.98. The summed E-state index contributed by atoms with van der Waals surface area (Å²) in [6.07, 6.45) is 10.2. The maximum atomic E-state index is 3.68. The highest BCUT2D eigenvalue weighted by Gasteiger charge is 2.34. The first-order chi connectivity index (χ1) is 7.42. The molecule has 86 valence electrons. The molecule has 0 aromatic rings. The smallest absolute Gasteiger partial charge is 0.0195 e. The molecule has 0 spiro atoms. The van der Waals surface area contributed by atoms with Gasteiger partial charge < -0.3 is 5.32 Å². The second kappa shape index (κ2) is 4.42. The molecule has 1 saturated heterocycles. The molecule has 2 aliphatic carbocycles. The van der Waals surface area contributed by atoms with E-state index in [1.54, 1.807) is 0 Å². The van der Waals surface area contributed by atoms with Crippen LogP contribution in [-0.2, 0) is 0 Å². The highest BCUT2D eigenvalue weighted by atomic mass is 15.2. The molecule has 3 rings (SSSR count). The second-order valence-electron chi connectivity index (χ2n) is 5.78. The zero-order valence-electron chi connectivity index (χ0n) is 9.75. The van der Waals surface area contributed by atoms with E-state index in [-0.39, 0.29) is 0 Å². The van der Waals surface area contributed by atoms with E-state index in [9.17, 15) is 0 Å². The lowest BCUT2D eigenvalue weighted by molar-refractivity contribution is 0.208. The molecule has 15 heavy (non-hydrogen) atoms. The standard InChI is InChI=1S/C13H24N2/c1-2-8-14-12(3-1)10-15(13-6-7-13)9-11-4-5-11/h11-14H,1-10H2. The van der Waals surface area contributed by atoms with Crippen molar-refractivity contribution < 1.29 is 0 Å². The van der Waals surface area contributed by atoms with Crippen LogP contribution in [-0.4, -0.2) is 36.6 Å². The third-order valence-corrected chi connectivity index (χ3v) is 4.12. The van der Waals surface area contributed by atoms with Gasteiger partial charge in [-0.05, 0) is 51.0 Å². The highest BCUT2D eigenvalue weighted by molar-refractivity contribution is 4.90. The number of nitrogens with one attached hydrogen (secondary N) is 1. The Morgan fingerprint density at radius 2 is 1.80 bits per heavy atom. The molecule has 0 bridgehead atoms. The first kappa shape index (κ1) is 10.1. The summed E-state index contributed by atoms with van der Waals surface area (Å²) < 4.78 is 0. The van der Waals surface area contributed by atoms with Crippen molar-refractivity contribution in [3.05, 3.63) is 0 Å². The Bertz CT molecular complexity index is 203. The van der Waals surface area contributed by atoms with E-state index in [4.69, 9.17) is 0 Å². The summed E-state index contributed by atoms with van der Waals surface area (Å²) in [6, 6.07) is 1.77. The third-order valence-electron chi connectivity index (χ3n) is 4.12. The summed E-state index contributed by atoms with van der Waals surface area (Å²) in [4.78, 5) is 2.79. The second-order valence-corrected chi connectivity index (χ2v) is 5.78. The molecular weight excluding hydrogens is 184 g/mol. The fourth-order valence-corrected chi connectivity index (χ4v) is 2.81. The molecule has 3 fully saturated rings. The SMILES string of the molecule is C1CCC(CN(CC2CC2)C2CC2)NC1. The summed E-state index contributed by atoms with van der Waals surface area (Å²) in [5, 5.41) is 3.68. The van der Waals surface area contributed by atoms with E-state index in [0.29, 0.717) is 0 Å². The predicted octanol–water partition coefficient (Wildman–Crippen LogP) is 2.00. The van der Waals surface area contributed by atoms with E-state index in [1.807, 2.05) is 0 Å². The van der Waals surface area contributed by atoms with Gasteiger partial charge in [0.1, 0.15) is 0 Å². The van der Waals surface area contributed by atoms with Crippen molar-refractivity contribution in [1.29, 1.82) is 0 Å². The van der Waals surface area contributed by atoms with Crippen LogP contribution >= 0.6 is 0 Å². The minimum Gasteiger partial charge on any atom is -0.313 e. The van der Waals surface area contributed by atoms with Crippen molar-refractivity contribution in [2.45, 2.75) is 57.0 Å². The van der Waals surface area contributed by atoms with Crippen molar-refractivity contribution in [3.63, 3.8) is 0 Å². The summed E-state index contributed by atoms with van der Waals surface area (Å²) in [5.41, 5.74) is 0. The monoisotopic (exact) mass is 208 g/mol. The lowest BCUT2D eigenvalue weighted by Gasteiger charge is -2.30. The Labute approximate surface area is 93.4 Å². The van der Waals surface area contributed by atoms with E-state index in [0.717, 1.165) is 18.0 Å². The van der Waals surface area contributed by atoms with Crippen LogP contribution in [0.15, 0.2) is 0 Å². The third kappa shape index (κ3) is 2.94. The van der Waals surface area contributed by atoms with E-state index < -0.39 is 0 Å². The van der Waals surface area contributed by atoms with Gasteiger partial charge in [-0.1, -0.05) is 6.42 Å². The van der Waals surface area contributed by atoms with E-state index in [2.05, 4.69) is 10.2 Å². The Morgan fingerprint density at radius 3 is 2.40 bits per heavy atom. The average molecular weight is 208 g/mol. The average Bonchev–Trinajstić information content (AvgIpc) is 3.13. The summed E-state index contributed by atoms with van der Waals surface area (Å²) in [5.74, 6) is 1.06. The molecule has 0 aromatic heterocycles. The van der Waals surface area contributed by atoms with Crippen LogP contribution < -0.4 is 5.32 Å². The van der Waals surface area contributed by atoms with Gasteiger partial charge >= 0.3 is 0 Å². The van der Waals surface area contributed by atoms with Crippen LogP contribution in [0.1, 0.15) is 44.9 Å². The van der Waals surface area contributed by atoms with Gasteiger partial charge in [-0.3, -0.25) is 4.90 Å². The largest absolute Gasteiger partial charge is 0.313 e. The van der Waals surface area contributed by atoms with Crippen molar-refractivity contribution in [1.82, 2.24) is 10.2 Å². The lowest BCUT2D eigenvalue weighted by atomic mass is 10.0. The Balaban J connectivity index is 1.47. The van der Waals surface area contributed by atoms with Gasteiger partial charge in [-0.2, -0.15) is 0 Å². The molecule has 0 radical (unpaired) electrons. The fourth-order valence-electron chi connectivity index (χ4n) is 2.81. The number of rotatable bonds is 5. The Morgan fingerprint density at radius 1 is 0.933 bits per heavy atom. The van der Waals surface area contributed by atoms with Gasteiger partial charge in [0.05, 0.1) is 0 Å². The summed E-state index contributed by atoms with van der Waals surface area (Å²) in [6.45, 7) is 4.00. The van der Waals surface area contributed by atoms with Gasteiger partial charge in [-0.25, -0.2) is 0 Å². The van der Waals surface area contributed by atoms with Gasteiger partial charge in [-0.15, -0.1) is 0 Å². The van der Waals surface area contributed by atoms with E-state index >= 15 is 0 Å². The van der Waals surface area contributed by atoms with Crippen LogP contribution in [0.4, 0.5) is 0 Å². The molecule has 1 aliphatic heterocycles. The molecular formula is C13H24N2. The van der Waals surface area contributed by atoms with Crippen LogP contribution in [0.2, 0.25) is 0 Å². The maximum Gasteiger partial charge on any atom is 0.0195 e. The lowest BCUT2D eigenvalue weighted by Crippen LogP contribution is -2.45. The van der Waals surface area contributed by atoms with Crippen molar-refractivity contribution in [2.24, 2.45) is 5.92 Å². The first-order valence-corrected chi connectivity index (χ1v) is 6.89. The normalized spacial score (nSPS) is 32.2. The molecule has 1 heterocycles. The minimum absolute atomic E-state index is 0.804. The number of nitrogens with zero attached hydrogens (tertiary/aromatic N) is 1. The molecule has 2 heteroatoms. The zero-order valence-corrected chi connectivity index (χ0v) is 9.75.